The Morgan fingerprint density at radius 3 is 1.90 bits per heavy atom. The van der Waals surface area contributed by atoms with Crippen LogP contribution in [0.4, 0.5) is 0 Å². The minimum absolute atomic E-state index is 0. The second-order valence-corrected chi connectivity index (χ2v) is 5.27. The van der Waals surface area contributed by atoms with Gasteiger partial charge < -0.3 is 10.1 Å². The summed E-state index contributed by atoms with van der Waals surface area (Å²) < 4.78 is 4.86. The molecule has 21 heavy (non-hydrogen) atoms. The molecule has 1 amide bonds. The molecule has 0 bridgehead atoms. The average Bonchev–Trinajstić information content (AvgIpc) is 2.30. The number of carbonyl (C=O) groups excluding carboxylic acids is 4. The van der Waals surface area contributed by atoms with E-state index in [1.807, 2.05) is 0 Å². The first-order valence-electron chi connectivity index (χ1n) is 6.68. The fourth-order valence-corrected chi connectivity index (χ4v) is 1.61. The van der Waals surface area contributed by atoms with Crippen molar-refractivity contribution in [1.82, 2.24) is 5.32 Å². The maximum atomic E-state index is 11.6. The van der Waals surface area contributed by atoms with Gasteiger partial charge in [0.05, 0.1) is 18.6 Å². The van der Waals surface area contributed by atoms with Gasteiger partial charge in [-0.15, -0.1) is 0 Å². The number of carbonyl (C=O) groups is 4. The molecule has 1 N–H and O–H groups in total. The van der Waals surface area contributed by atoms with Crippen molar-refractivity contribution in [2.75, 3.05) is 0 Å². The van der Waals surface area contributed by atoms with Crippen LogP contribution in [0.1, 0.15) is 47.5 Å². The molecule has 0 spiro atoms. The lowest BCUT2D eigenvalue weighted by atomic mass is 10.0. The molecule has 0 rings (SSSR count). The number of Topliss-reactive ketones (excluding diaryl/α,β-unsaturated/α-hetero) is 2. The normalized spacial score (nSPS) is 11.6. The predicted octanol–water partition coefficient (Wildman–Crippen LogP) is 1.13. The molecular weight excluding hydrogens is 294 g/mol. The molecule has 0 fully saturated rings. The molecule has 1 atom stereocenters. The number of hydrogen-bond acceptors (Lipinski definition) is 5. The van der Waals surface area contributed by atoms with Gasteiger partial charge in [0.2, 0.25) is 5.78 Å². The summed E-state index contributed by atoms with van der Waals surface area (Å²) in [5, 5.41) is 2.39. The van der Waals surface area contributed by atoms with E-state index in [0.717, 1.165) is 0 Å². The first-order chi connectivity index (χ1) is 9.15. The Labute approximate surface area is 132 Å². The topological polar surface area (TPSA) is 89.5 Å². The average molecular weight is 319 g/mol. The summed E-state index contributed by atoms with van der Waals surface area (Å²) in [4.78, 5) is 45.8. The largest absolute Gasteiger partial charge is 0.463 e. The summed E-state index contributed by atoms with van der Waals surface area (Å²) >= 11 is 0. The van der Waals surface area contributed by atoms with Crippen LogP contribution in [-0.4, -0.2) is 35.6 Å². The minimum Gasteiger partial charge on any atom is -0.463 e. The van der Waals surface area contributed by atoms with Gasteiger partial charge in [-0.2, -0.15) is 13.5 Å². The molecule has 122 valence electrons. The van der Waals surface area contributed by atoms with Gasteiger partial charge in [-0.1, -0.05) is 13.8 Å². The van der Waals surface area contributed by atoms with Crippen LogP contribution in [-0.2, 0) is 23.9 Å². The first kappa shape index (κ1) is 21.9. The number of rotatable bonds is 8. The molecule has 7 heteroatoms. The van der Waals surface area contributed by atoms with E-state index < -0.39 is 23.7 Å². The van der Waals surface area contributed by atoms with Crippen molar-refractivity contribution in [2.24, 2.45) is 5.92 Å². The fraction of sp³-hybridized carbons (Fsp3) is 0.714. The lowest BCUT2D eigenvalue weighted by Crippen LogP contribution is -2.46. The SMILES string of the molecule is CC(=O)C(NC(=O)C(=O)CCC(=O)OC(C)C)C(C)C.S. The molecular formula is C14H25NO5S. The molecule has 0 aromatic rings. The second-order valence-electron chi connectivity index (χ2n) is 5.27. The van der Waals surface area contributed by atoms with Crippen molar-refractivity contribution in [3.05, 3.63) is 0 Å². The third-order valence-electron chi connectivity index (χ3n) is 2.57. The van der Waals surface area contributed by atoms with Crippen LogP contribution in [0.15, 0.2) is 0 Å². The maximum Gasteiger partial charge on any atom is 0.306 e. The maximum absolute atomic E-state index is 11.6. The molecule has 0 aromatic heterocycles. The summed E-state index contributed by atoms with van der Waals surface area (Å²) in [5.74, 6) is -2.39. The van der Waals surface area contributed by atoms with Crippen molar-refractivity contribution in [2.45, 2.75) is 59.6 Å². The molecule has 0 saturated heterocycles. The van der Waals surface area contributed by atoms with Crippen LogP contribution in [0.2, 0.25) is 0 Å². The zero-order valence-corrected chi connectivity index (χ0v) is 14.2. The smallest absolute Gasteiger partial charge is 0.306 e. The van der Waals surface area contributed by atoms with Crippen molar-refractivity contribution in [3.8, 4) is 0 Å². The van der Waals surface area contributed by atoms with E-state index in [-0.39, 0.29) is 44.1 Å². The van der Waals surface area contributed by atoms with Crippen LogP contribution < -0.4 is 5.32 Å². The van der Waals surface area contributed by atoms with Crippen molar-refractivity contribution in [1.29, 1.82) is 0 Å². The summed E-state index contributed by atoms with van der Waals surface area (Å²) in [5.41, 5.74) is 0. The van der Waals surface area contributed by atoms with Gasteiger partial charge in [-0.05, 0) is 26.7 Å². The first-order valence-corrected chi connectivity index (χ1v) is 6.68. The second kappa shape index (κ2) is 10.4. The Kier molecular flexibility index (Phi) is 10.8. The van der Waals surface area contributed by atoms with Gasteiger partial charge >= 0.3 is 5.97 Å². The summed E-state index contributed by atoms with van der Waals surface area (Å²) in [6.07, 6.45) is -0.619. The number of ether oxygens (including phenoxy) is 1. The monoisotopic (exact) mass is 319 g/mol. The van der Waals surface area contributed by atoms with Gasteiger partial charge in [0, 0.05) is 6.42 Å². The standard InChI is InChI=1S/C14H23NO5.H2S/c1-8(2)13(10(5)16)15-14(19)11(17)6-7-12(18)20-9(3)4;/h8-9,13H,6-7H2,1-5H3,(H,15,19);1H2. The number of nitrogens with one attached hydrogen (secondary N) is 1. The molecule has 0 radical (unpaired) electrons. The van der Waals surface area contributed by atoms with E-state index in [2.05, 4.69) is 5.32 Å². The van der Waals surface area contributed by atoms with Gasteiger partial charge in [-0.3, -0.25) is 19.2 Å². The highest BCUT2D eigenvalue weighted by Crippen LogP contribution is 2.04. The van der Waals surface area contributed by atoms with E-state index in [1.165, 1.54) is 6.92 Å². The Balaban J connectivity index is 0. The zero-order chi connectivity index (χ0) is 15.9. The van der Waals surface area contributed by atoms with E-state index >= 15 is 0 Å². The van der Waals surface area contributed by atoms with Crippen LogP contribution in [0.3, 0.4) is 0 Å². The highest BCUT2D eigenvalue weighted by Gasteiger charge is 2.24. The summed E-state index contributed by atoms with van der Waals surface area (Å²) in [6.45, 7) is 8.31. The van der Waals surface area contributed by atoms with Crippen molar-refractivity contribution in [3.63, 3.8) is 0 Å². The van der Waals surface area contributed by atoms with E-state index in [4.69, 9.17) is 4.74 Å². The van der Waals surface area contributed by atoms with Gasteiger partial charge in [0.25, 0.3) is 5.91 Å². The van der Waals surface area contributed by atoms with Gasteiger partial charge in [0.15, 0.2) is 5.78 Å². The zero-order valence-electron chi connectivity index (χ0n) is 13.2. The predicted molar refractivity (Wildman–Crippen MR) is 83.3 cm³/mol. The van der Waals surface area contributed by atoms with Gasteiger partial charge in [0.1, 0.15) is 0 Å². The highest BCUT2D eigenvalue weighted by atomic mass is 32.1. The van der Waals surface area contributed by atoms with Crippen LogP contribution in [0.5, 0.6) is 0 Å². The molecule has 1 unspecified atom stereocenters. The van der Waals surface area contributed by atoms with E-state index in [0.29, 0.717) is 0 Å². The van der Waals surface area contributed by atoms with E-state index in [9.17, 15) is 19.2 Å². The fourth-order valence-electron chi connectivity index (χ4n) is 1.61. The molecule has 0 aliphatic carbocycles. The molecule has 0 saturated carbocycles. The lowest BCUT2D eigenvalue weighted by Gasteiger charge is -2.18. The molecule has 0 aliphatic heterocycles. The Bertz CT molecular complexity index is 393. The Morgan fingerprint density at radius 1 is 1.00 bits per heavy atom. The quantitative estimate of drug-likeness (QED) is 0.535. The third-order valence-corrected chi connectivity index (χ3v) is 2.57. The lowest BCUT2D eigenvalue weighted by molar-refractivity contribution is -0.149. The van der Waals surface area contributed by atoms with Crippen LogP contribution >= 0.6 is 13.5 Å². The van der Waals surface area contributed by atoms with Crippen molar-refractivity contribution < 1.29 is 23.9 Å². The highest BCUT2D eigenvalue weighted by molar-refractivity contribution is 7.59. The Hall–Kier alpha value is -1.37. The van der Waals surface area contributed by atoms with Crippen LogP contribution in [0.25, 0.3) is 0 Å². The molecule has 0 heterocycles. The number of esters is 1. The van der Waals surface area contributed by atoms with E-state index in [1.54, 1.807) is 27.7 Å². The molecule has 0 aliphatic rings. The van der Waals surface area contributed by atoms with Gasteiger partial charge in [-0.25, -0.2) is 0 Å². The Morgan fingerprint density at radius 2 is 1.52 bits per heavy atom. The molecule has 0 aromatic carbocycles. The third kappa shape index (κ3) is 9.23. The van der Waals surface area contributed by atoms with Crippen molar-refractivity contribution >= 4 is 36.9 Å². The minimum atomic E-state index is -0.837. The van der Waals surface area contributed by atoms with Crippen LogP contribution in [0, 0.1) is 5.92 Å². The number of hydrogen-bond donors (Lipinski definition) is 1. The number of ketones is 2. The summed E-state index contributed by atoms with van der Waals surface area (Å²) in [7, 11) is 0. The molecule has 6 nitrogen and oxygen atoms in total. The number of amides is 1. The summed E-state index contributed by atoms with van der Waals surface area (Å²) in [6, 6.07) is -0.686.